The molecule has 0 spiro atoms. The van der Waals surface area contributed by atoms with Gasteiger partial charge in [0.2, 0.25) is 0 Å². The van der Waals surface area contributed by atoms with E-state index in [-0.39, 0.29) is 0 Å². The fourth-order valence-corrected chi connectivity index (χ4v) is 2.11. The van der Waals surface area contributed by atoms with Crippen molar-refractivity contribution in [1.29, 1.82) is 0 Å². The molecule has 2 rings (SSSR count). The van der Waals surface area contributed by atoms with Gasteiger partial charge in [0.05, 0.1) is 12.0 Å². The lowest BCUT2D eigenvalue weighted by molar-refractivity contribution is 0.987. The van der Waals surface area contributed by atoms with Crippen LogP contribution >= 0.6 is 15.9 Å². The first kappa shape index (κ1) is 10.4. The van der Waals surface area contributed by atoms with Crippen LogP contribution in [0.2, 0.25) is 0 Å². The van der Waals surface area contributed by atoms with Crippen LogP contribution in [-0.4, -0.2) is 9.55 Å². The monoisotopic (exact) mass is 264 g/mol. The molecule has 1 aromatic carbocycles. The second-order valence-corrected chi connectivity index (χ2v) is 4.63. The molecule has 0 amide bonds. The van der Waals surface area contributed by atoms with Gasteiger partial charge in [0.15, 0.2) is 0 Å². The first-order valence-corrected chi connectivity index (χ1v) is 5.66. The smallest absolute Gasteiger partial charge is 0.0997 e. The van der Waals surface area contributed by atoms with E-state index in [1.54, 1.807) is 0 Å². The van der Waals surface area contributed by atoms with Gasteiger partial charge < -0.3 is 4.57 Å². The first-order valence-electron chi connectivity index (χ1n) is 4.86. The standard InChI is InChI=1S/C12H13BrN2/c1-8-6-11(13)4-5-12(8)15-7-14-9(2)10(15)3/h4-7H,1-3H3. The third-order valence-corrected chi connectivity index (χ3v) is 3.16. The van der Waals surface area contributed by atoms with E-state index in [1.807, 2.05) is 13.3 Å². The number of aromatic nitrogens is 2. The highest BCUT2D eigenvalue weighted by atomic mass is 79.9. The summed E-state index contributed by atoms with van der Waals surface area (Å²) < 4.78 is 3.23. The van der Waals surface area contributed by atoms with Crippen LogP contribution in [-0.2, 0) is 0 Å². The lowest BCUT2D eigenvalue weighted by atomic mass is 10.2. The highest BCUT2D eigenvalue weighted by Gasteiger charge is 2.06. The van der Waals surface area contributed by atoms with Crippen molar-refractivity contribution in [3.63, 3.8) is 0 Å². The molecule has 2 aromatic rings. The van der Waals surface area contributed by atoms with Crippen molar-refractivity contribution in [3.05, 3.63) is 46.0 Å². The maximum absolute atomic E-state index is 4.31. The fraction of sp³-hybridized carbons (Fsp3) is 0.250. The molecule has 1 heterocycles. The first-order chi connectivity index (χ1) is 7.09. The van der Waals surface area contributed by atoms with Gasteiger partial charge in [0, 0.05) is 15.9 Å². The normalized spacial score (nSPS) is 10.7. The van der Waals surface area contributed by atoms with Crippen molar-refractivity contribution in [2.75, 3.05) is 0 Å². The van der Waals surface area contributed by atoms with E-state index in [4.69, 9.17) is 0 Å². The molecule has 0 unspecified atom stereocenters. The Hall–Kier alpha value is -1.09. The molecule has 78 valence electrons. The van der Waals surface area contributed by atoms with Gasteiger partial charge in [0.1, 0.15) is 0 Å². The third kappa shape index (κ3) is 1.84. The minimum Gasteiger partial charge on any atom is -0.303 e. The lowest BCUT2D eigenvalue weighted by Gasteiger charge is -2.09. The predicted molar refractivity (Wildman–Crippen MR) is 65.5 cm³/mol. The fourth-order valence-electron chi connectivity index (χ4n) is 1.63. The minimum atomic E-state index is 1.08. The lowest BCUT2D eigenvalue weighted by Crippen LogP contribution is -1.97. The Bertz CT molecular complexity index is 500. The van der Waals surface area contributed by atoms with Crippen molar-refractivity contribution in [2.45, 2.75) is 20.8 Å². The average Bonchev–Trinajstić information content (AvgIpc) is 2.49. The summed E-state index contributed by atoms with van der Waals surface area (Å²) in [5.74, 6) is 0. The molecule has 0 fully saturated rings. The Morgan fingerprint density at radius 2 is 1.93 bits per heavy atom. The summed E-state index contributed by atoms with van der Waals surface area (Å²) in [6.07, 6.45) is 1.88. The maximum atomic E-state index is 4.31. The second kappa shape index (κ2) is 3.81. The number of halogens is 1. The summed E-state index contributed by atoms with van der Waals surface area (Å²) in [5.41, 5.74) is 4.71. The zero-order valence-corrected chi connectivity index (χ0v) is 10.7. The maximum Gasteiger partial charge on any atom is 0.0997 e. The van der Waals surface area contributed by atoms with Crippen molar-refractivity contribution in [2.24, 2.45) is 0 Å². The molecule has 0 saturated carbocycles. The Labute approximate surface area is 98.1 Å². The van der Waals surface area contributed by atoms with Crippen molar-refractivity contribution in [3.8, 4) is 5.69 Å². The predicted octanol–water partition coefficient (Wildman–Crippen LogP) is 3.56. The molecule has 0 radical (unpaired) electrons. The molecule has 0 aliphatic rings. The van der Waals surface area contributed by atoms with E-state index in [0.717, 1.165) is 10.2 Å². The van der Waals surface area contributed by atoms with Crippen LogP contribution in [0.1, 0.15) is 17.0 Å². The number of benzene rings is 1. The molecule has 2 nitrogen and oxygen atoms in total. The van der Waals surface area contributed by atoms with Gasteiger partial charge >= 0.3 is 0 Å². The zero-order chi connectivity index (χ0) is 11.0. The number of hydrogen-bond donors (Lipinski definition) is 0. The average molecular weight is 265 g/mol. The van der Waals surface area contributed by atoms with E-state index >= 15 is 0 Å². The molecule has 0 aliphatic heterocycles. The number of aryl methyl sites for hydroxylation is 2. The van der Waals surface area contributed by atoms with Crippen LogP contribution in [0, 0.1) is 20.8 Å². The van der Waals surface area contributed by atoms with E-state index in [1.165, 1.54) is 16.9 Å². The van der Waals surface area contributed by atoms with Gasteiger partial charge in [-0.05, 0) is 44.5 Å². The van der Waals surface area contributed by atoms with Gasteiger partial charge in [-0.2, -0.15) is 0 Å². The van der Waals surface area contributed by atoms with Crippen LogP contribution in [0.15, 0.2) is 29.0 Å². The molecule has 0 atom stereocenters. The van der Waals surface area contributed by atoms with Crippen molar-refractivity contribution >= 4 is 15.9 Å². The molecular weight excluding hydrogens is 252 g/mol. The van der Waals surface area contributed by atoms with E-state index < -0.39 is 0 Å². The highest BCUT2D eigenvalue weighted by molar-refractivity contribution is 9.10. The van der Waals surface area contributed by atoms with Gasteiger partial charge in [-0.25, -0.2) is 4.98 Å². The van der Waals surface area contributed by atoms with Crippen LogP contribution in [0.25, 0.3) is 5.69 Å². The zero-order valence-electron chi connectivity index (χ0n) is 9.08. The van der Waals surface area contributed by atoms with Crippen LogP contribution in [0.3, 0.4) is 0 Å². The number of rotatable bonds is 1. The van der Waals surface area contributed by atoms with Gasteiger partial charge in [0.25, 0.3) is 0 Å². The molecular formula is C12H13BrN2. The van der Waals surface area contributed by atoms with E-state index in [0.29, 0.717) is 0 Å². The number of nitrogens with zero attached hydrogens (tertiary/aromatic N) is 2. The number of imidazole rings is 1. The Morgan fingerprint density at radius 1 is 1.20 bits per heavy atom. The largest absolute Gasteiger partial charge is 0.303 e. The number of hydrogen-bond acceptors (Lipinski definition) is 1. The van der Waals surface area contributed by atoms with Crippen molar-refractivity contribution < 1.29 is 0 Å². The van der Waals surface area contributed by atoms with Crippen LogP contribution in [0.4, 0.5) is 0 Å². The highest BCUT2D eigenvalue weighted by Crippen LogP contribution is 2.21. The van der Waals surface area contributed by atoms with Gasteiger partial charge in [-0.1, -0.05) is 15.9 Å². The summed E-state index contributed by atoms with van der Waals surface area (Å²) in [6, 6.07) is 6.27. The Balaban J connectivity index is 2.59. The molecule has 3 heteroatoms. The summed E-state index contributed by atoms with van der Waals surface area (Å²) in [6.45, 7) is 6.22. The second-order valence-electron chi connectivity index (χ2n) is 3.72. The van der Waals surface area contributed by atoms with E-state index in [2.05, 4.69) is 57.5 Å². The van der Waals surface area contributed by atoms with E-state index in [9.17, 15) is 0 Å². The Kier molecular flexibility index (Phi) is 2.65. The molecule has 0 saturated heterocycles. The molecule has 0 aliphatic carbocycles. The third-order valence-electron chi connectivity index (χ3n) is 2.67. The molecule has 1 aromatic heterocycles. The molecule has 0 bridgehead atoms. The SMILES string of the molecule is Cc1cc(Br)ccc1-n1cnc(C)c1C. The minimum absolute atomic E-state index is 1.08. The van der Waals surface area contributed by atoms with Gasteiger partial charge in [-0.3, -0.25) is 0 Å². The summed E-state index contributed by atoms with van der Waals surface area (Å²) in [5, 5.41) is 0. The Morgan fingerprint density at radius 3 is 2.47 bits per heavy atom. The molecule has 0 N–H and O–H groups in total. The summed E-state index contributed by atoms with van der Waals surface area (Å²) in [7, 11) is 0. The van der Waals surface area contributed by atoms with Crippen molar-refractivity contribution in [1.82, 2.24) is 9.55 Å². The summed E-state index contributed by atoms with van der Waals surface area (Å²) in [4.78, 5) is 4.31. The molecule has 15 heavy (non-hydrogen) atoms. The van der Waals surface area contributed by atoms with Crippen LogP contribution < -0.4 is 0 Å². The quantitative estimate of drug-likeness (QED) is 0.770. The summed E-state index contributed by atoms with van der Waals surface area (Å²) >= 11 is 3.47. The topological polar surface area (TPSA) is 17.8 Å². The van der Waals surface area contributed by atoms with Gasteiger partial charge in [-0.15, -0.1) is 0 Å². The van der Waals surface area contributed by atoms with Crippen LogP contribution in [0.5, 0.6) is 0 Å².